The highest BCUT2D eigenvalue weighted by atomic mass is 31.2. The molecule has 2 aliphatic rings. The summed E-state index contributed by atoms with van der Waals surface area (Å²) in [5.41, 5.74) is -2.09. The van der Waals surface area contributed by atoms with Crippen LogP contribution in [0.3, 0.4) is 0 Å². The standard InChI is InChI=1S/C19H24FN4O10P/c20-13-9-23(19(27)21-18(13)26)17-8-14(25)15(34-17)11-32-35(30,22-6-2-1-3-7-22)31-10-12-4-5-16(33-12)24(28)29/h4-5,9,14-15,17,25H,1-3,6-8,10-11H2,(H,21,26,27)/t14-,15+,17+,35?/m0/s1. The van der Waals surface area contributed by atoms with Crippen LogP contribution >= 0.6 is 7.75 Å². The summed E-state index contributed by atoms with van der Waals surface area (Å²) in [6, 6.07) is 2.48. The van der Waals surface area contributed by atoms with Crippen LogP contribution in [-0.4, -0.2) is 56.2 Å². The quantitative estimate of drug-likeness (QED) is 0.280. The van der Waals surface area contributed by atoms with E-state index >= 15 is 0 Å². The van der Waals surface area contributed by atoms with Crippen molar-refractivity contribution in [1.29, 1.82) is 0 Å². The molecule has 0 radical (unpaired) electrons. The summed E-state index contributed by atoms with van der Waals surface area (Å²) in [5.74, 6) is -1.60. The van der Waals surface area contributed by atoms with Gasteiger partial charge >= 0.3 is 19.3 Å². The fourth-order valence-corrected chi connectivity index (χ4v) is 5.69. The van der Waals surface area contributed by atoms with Crippen LogP contribution in [0.1, 0.15) is 37.7 Å². The fraction of sp³-hybridized carbons (Fsp3) is 0.579. The summed E-state index contributed by atoms with van der Waals surface area (Å²) in [4.78, 5) is 35.2. The first-order valence-electron chi connectivity index (χ1n) is 10.9. The molecule has 2 saturated heterocycles. The van der Waals surface area contributed by atoms with E-state index in [1.807, 2.05) is 4.98 Å². The van der Waals surface area contributed by atoms with E-state index in [1.165, 1.54) is 10.7 Å². The minimum atomic E-state index is -3.93. The zero-order valence-corrected chi connectivity index (χ0v) is 19.3. The summed E-state index contributed by atoms with van der Waals surface area (Å²) in [6.45, 7) is 0.116. The number of ether oxygens (including phenoxy) is 1. The van der Waals surface area contributed by atoms with E-state index in [9.17, 15) is 33.8 Å². The molecule has 2 aromatic heterocycles. The number of aliphatic hydroxyl groups is 1. The Labute approximate surface area is 196 Å². The average Bonchev–Trinajstić information content (AvgIpc) is 3.46. The Morgan fingerprint density at radius 1 is 1.26 bits per heavy atom. The zero-order valence-electron chi connectivity index (χ0n) is 18.4. The Bertz CT molecular complexity index is 1220. The lowest BCUT2D eigenvalue weighted by Crippen LogP contribution is -2.34. The average molecular weight is 518 g/mol. The van der Waals surface area contributed by atoms with Crippen molar-refractivity contribution in [2.45, 2.75) is 50.7 Å². The topological polar surface area (TPSA) is 179 Å². The summed E-state index contributed by atoms with van der Waals surface area (Å²) in [6.07, 6.45) is -0.231. The van der Waals surface area contributed by atoms with Crippen molar-refractivity contribution >= 4 is 13.6 Å². The Kier molecular flexibility index (Phi) is 7.64. The molecule has 35 heavy (non-hydrogen) atoms. The highest BCUT2D eigenvalue weighted by Crippen LogP contribution is 2.54. The number of aromatic nitrogens is 2. The van der Waals surface area contributed by atoms with Gasteiger partial charge in [-0.25, -0.2) is 14.0 Å². The predicted molar refractivity (Wildman–Crippen MR) is 115 cm³/mol. The Balaban J connectivity index is 1.44. The van der Waals surface area contributed by atoms with Crippen molar-refractivity contribution < 1.29 is 37.2 Å². The number of nitro groups is 1. The molecule has 4 rings (SSSR count). The fourth-order valence-electron chi connectivity index (χ4n) is 3.89. The van der Waals surface area contributed by atoms with E-state index in [4.69, 9.17) is 18.2 Å². The van der Waals surface area contributed by atoms with Gasteiger partial charge in [-0.2, -0.15) is 4.39 Å². The lowest BCUT2D eigenvalue weighted by Gasteiger charge is -2.33. The Morgan fingerprint density at radius 3 is 2.69 bits per heavy atom. The van der Waals surface area contributed by atoms with Crippen molar-refractivity contribution in [2.75, 3.05) is 19.7 Å². The maximum atomic E-state index is 13.7. The predicted octanol–water partition coefficient (Wildman–Crippen LogP) is 1.65. The van der Waals surface area contributed by atoms with Gasteiger partial charge in [-0.15, -0.1) is 0 Å². The molecule has 2 N–H and O–H groups in total. The van der Waals surface area contributed by atoms with Crippen LogP contribution in [0.4, 0.5) is 10.3 Å². The van der Waals surface area contributed by atoms with Gasteiger partial charge in [0.1, 0.15) is 29.6 Å². The molecule has 4 atom stereocenters. The summed E-state index contributed by atoms with van der Waals surface area (Å²) in [5, 5.41) is 21.2. The second-order valence-electron chi connectivity index (χ2n) is 8.12. The molecule has 2 aliphatic heterocycles. The van der Waals surface area contributed by atoms with Crippen molar-refractivity contribution in [3.05, 3.63) is 60.9 Å². The summed E-state index contributed by atoms with van der Waals surface area (Å²) >= 11 is 0. The number of aliphatic hydroxyl groups excluding tert-OH is 1. The molecule has 0 aromatic carbocycles. The molecule has 16 heteroatoms. The van der Waals surface area contributed by atoms with Gasteiger partial charge < -0.3 is 14.3 Å². The van der Waals surface area contributed by atoms with Crippen LogP contribution in [0.15, 0.2) is 32.3 Å². The van der Waals surface area contributed by atoms with Crippen LogP contribution in [-0.2, 0) is 25.0 Å². The van der Waals surface area contributed by atoms with Gasteiger partial charge in [0.2, 0.25) is 5.82 Å². The number of nitrogens with one attached hydrogen (secondary N) is 1. The highest BCUT2D eigenvalue weighted by Gasteiger charge is 2.41. The zero-order chi connectivity index (χ0) is 25.2. The second kappa shape index (κ2) is 10.5. The molecule has 14 nitrogen and oxygen atoms in total. The first-order valence-corrected chi connectivity index (χ1v) is 12.4. The molecule has 0 bridgehead atoms. The van der Waals surface area contributed by atoms with E-state index < -0.39 is 54.1 Å². The molecule has 1 unspecified atom stereocenters. The number of H-pyrrole nitrogens is 1. The number of rotatable bonds is 9. The number of hydrogen-bond acceptors (Lipinski definition) is 10. The van der Waals surface area contributed by atoms with Crippen LogP contribution in [0.25, 0.3) is 0 Å². The van der Waals surface area contributed by atoms with Crippen molar-refractivity contribution in [2.24, 2.45) is 0 Å². The van der Waals surface area contributed by atoms with Gasteiger partial charge in [0.25, 0.3) is 5.56 Å². The maximum Gasteiger partial charge on any atom is 0.433 e. The lowest BCUT2D eigenvalue weighted by atomic mass is 10.2. The summed E-state index contributed by atoms with van der Waals surface area (Å²) in [7, 11) is -3.93. The van der Waals surface area contributed by atoms with Gasteiger partial charge in [-0.05, 0) is 18.9 Å². The van der Waals surface area contributed by atoms with E-state index in [0.717, 1.165) is 29.9 Å². The molecular formula is C19H24FN4O10P. The van der Waals surface area contributed by atoms with E-state index in [2.05, 4.69) is 0 Å². The highest BCUT2D eigenvalue weighted by molar-refractivity contribution is 7.51. The van der Waals surface area contributed by atoms with Crippen LogP contribution in [0, 0.1) is 15.9 Å². The van der Waals surface area contributed by atoms with Gasteiger partial charge in [0.05, 0.1) is 25.0 Å². The van der Waals surface area contributed by atoms with E-state index in [1.54, 1.807) is 0 Å². The number of furan rings is 1. The van der Waals surface area contributed by atoms with Crippen molar-refractivity contribution in [3.8, 4) is 0 Å². The van der Waals surface area contributed by atoms with Gasteiger partial charge in [0, 0.05) is 19.5 Å². The monoisotopic (exact) mass is 518 g/mol. The summed E-state index contributed by atoms with van der Waals surface area (Å²) < 4.78 is 51.5. The number of hydrogen-bond donors (Lipinski definition) is 2. The second-order valence-corrected chi connectivity index (χ2v) is 10.1. The van der Waals surface area contributed by atoms with Gasteiger partial charge in [0.15, 0.2) is 0 Å². The van der Waals surface area contributed by atoms with Gasteiger partial charge in [-0.3, -0.25) is 33.5 Å². The third-order valence-corrected chi connectivity index (χ3v) is 7.74. The smallest absolute Gasteiger partial charge is 0.403 e. The van der Waals surface area contributed by atoms with Crippen molar-refractivity contribution in [1.82, 2.24) is 14.2 Å². The third-order valence-electron chi connectivity index (χ3n) is 5.72. The Morgan fingerprint density at radius 2 is 2.00 bits per heavy atom. The van der Waals surface area contributed by atoms with Crippen molar-refractivity contribution in [3.63, 3.8) is 0 Å². The number of halogens is 1. The number of nitrogens with zero attached hydrogens (tertiary/aromatic N) is 3. The molecule has 0 spiro atoms. The molecule has 4 heterocycles. The lowest BCUT2D eigenvalue weighted by molar-refractivity contribution is -0.402. The first kappa shape index (κ1) is 25.4. The Hall–Kier alpha value is -2.68. The minimum absolute atomic E-state index is 0.0780. The number of aromatic amines is 1. The molecule has 0 amide bonds. The van der Waals surface area contributed by atoms with Crippen LogP contribution in [0.2, 0.25) is 0 Å². The van der Waals surface area contributed by atoms with Gasteiger partial charge in [-0.1, -0.05) is 6.42 Å². The molecule has 2 aromatic rings. The molecule has 0 saturated carbocycles. The normalized spacial score (nSPS) is 24.9. The first-order chi connectivity index (χ1) is 16.7. The SMILES string of the molecule is O=c1[nH]c(=O)n([C@H]2C[C@H](O)[C@@H](COP(=O)(OCc3ccc([N+](=O)[O-])o3)N3CCCCC3)O2)cc1F. The van der Waals surface area contributed by atoms with Crippen LogP contribution in [0.5, 0.6) is 0 Å². The molecule has 0 aliphatic carbocycles. The van der Waals surface area contributed by atoms with E-state index in [0.29, 0.717) is 19.3 Å². The molecule has 2 fully saturated rings. The van der Waals surface area contributed by atoms with Crippen LogP contribution < -0.4 is 11.2 Å². The largest absolute Gasteiger partial charge is 0.433 e. The minimum Gasteiger partial charge on any atom is -0.403 e. The number of piperidine rings is 1. The molecule has 192 valence electrons. The molecular weight excluding hydrogens is 494 g/mol. The maximum absolute atomic E-state index is 13.7. The van der Waals surface area contributed by atoms with E-state index in [-0.39, 0.29) is 25.4 Å². The third kappa shape index (κ3) is 5.77.